The Kier molecular flexibility index (Phi) is 7.01. The molecule has 0 aliphatic heterocycles. The molecule has 1 unspecified atom stereocenters. The normalized spacial score (nSPS) is 19.5. The highest BCUT2D eigenvalue weighted by molar-refractivity contribution is 4.75. The third-order valence-electron chi connectivity index (χ3n) is 3.70. The molecular weight excluding hydrogens is 200 g/mol. The van der Waals surface area contributed by atoms with Crippen LogP contribution in [0.2, 0.25) is 0 Å². The van der Waals surface area contributed by atoms with Gasteiger partial charge in [-0.3, -0.25) is 0 Å². The van der Waals surface area contributed by atoms with E-state index >= 15 is 0 Å². The van der Waals surface area contributed by atoms with E-state index in [9.17, 15) is 0 Å². The Bertz CT molecular complexity index is 169. The minimum atomic E-state index is 0.313. The average Bonchev–Trinajstić information content (AvgIpc) is 2.79. The molecule has 1 rings (SSSR count). The molecule has 0 bridgehead atoms. The summed E-state index contributed by atoms with van der Waals surface area (Å²) in [5, 5.41) is 12.3. The van der Waals surface area contributed by atoms with Crippen LogP contribution in [-0.2, 0) is 0 Å². The molecule has 0 aromatic carbocycles. The topological polar surface area (TPSA) is 35.5 Å². The molecule has 1 fully saturated rings. The summed E-state index contributed by atoms with van der Waals surface area (Å²) in [6.07, 6.45) is 7.58. The molecule has 2 N–H and O–H groups in total. The van der Waals surface area contributed by atoms with Gasteiger partial charge in [-0.15, -0.1) is 0 Å². The van der Waals surface area contributed by atoms with Gasteiger partial charge in [0.2, 0.25) is 0 Å². The van der Waals surface area contributed by atoms with Gasteiger partial charge in [-0.2, -0.15) is 0 Å². The summed E-state index contributed by atoms with van der Waals surface area (Å²) in [7, 11) is 2.25. The van der Waals surface area contributed by atoms with Gasteiger partial charge in [-0.25, -0.2) is 0 Å². The van der Waals surface area contributed by atoms with Gasteiger partial charge in [0.15, 0.2) is 0 Å². The van der Waals surface area contributed by atoms with Gasteiger partial charge in [0.1, 0.15) is 0 Å². The zero-order valence-electron chi connectivity index (χ0n) is 10.9. The fraction of sp³-hybridized carbons (Fsp3) is 1.00. The van der Waals surface area contributed by atoms with Gasteiger partial charge in [-0.05, 0) is 39.7 Å². The van der Waals surface area contributed by atoms with E-state index < -0.39 is 0 Å². The van der Waals surface area contributed by atoms with Crippen LogP contribution in [-0.4, -0.2) is 48.8 Å². The maximum atomic E-state index is 8.74. The second kappa shape index (κ2) is 8.04. The van der Waals surface area contributed by atoms with Crippen LogP contribution < -0.4 is 5.32 Å². The number of hydrogen-bond acceptors (Lipinski definition) is 3. The van der Waals surface area contributed by atoms with Gasteiger partial charge in [0, 0.05) is 31.8 Å². The maximum absolute atomic E-state index is 8.74. The molecule has 16 heavy (non-hydrogen) atoms. The predicted octanol–water partition coefficient (Wildman–Crippen LogP) is 1.61. The molecule has 1 aliphatic rings. The van der Waals surface area contributed by atoms with Crippen LogP contribution in [0.3, 0.4) is 0 Å². The first kappa shape index (κ1) is 13.9. The summed E-state index contributed by atoms with van der Waals surface area (Å²) in [6, 6.07) is 1.36. The van der Waals surface area contributed by atoms with Crippen molar-refractivity contribution in [2.24, 2.45) is 0 Å². The molecule has 0 radical (unpaired) electrons. The Labute approximate surface area is 100 Å². The molecule has 1 aliphatic carbocycles. The summed E-state index contributed by atoms with van der Waals surface area (Å²) < 4.78 is 0. The molecule has 0 saturated heterocycles. The van der Waals surface area contributed by atoms with Gasteiger partial charge in [0.05, 0.1) is 0 Å². The second-order valence-corrected chi connectivity index (χ2v) is 5.14. The Balaban J connectivity index is 2.00. The Hall–Kier alpha value is -0.120. The molecule has 3 nitrogen and oxygen atoms in total. The van der Waals surface area contributed by atoms with Crippen molar-refractivity contribution in [1.29, 1.82) is 0 Å². The van der Waals surface area contributed by atoms with Crippen LogP contribution in [0.5, 0.6) is 0 Å². The molecular formula is C13H28N2O. The van der Waals surface area contributed by atoms with Crippen molar-refractivity contribution in [2.45, 2.75) is 57.5 Å². The van der Waals surface area contributed by atoms with E-state index in [2.05, 4.69) is 24.2 Å². The fourth-order valence-electron chi connectivity index (χ4n) is 2.51. The number of rotatable bonds is 8. The van der Waals surface area contributed by atoms with E-state index in [0.29, 0.717) is 12.6 Å². The minimum absolute atomic E-state index is 0.313. The number of aliphatic hydroxyl groups excluding tert-OH is 1. The van der Waals surface area contributed by atoms with Crippen molar-refractivity contribution in [2.75, 3.05) is 26.7 Å². The lowest BCUT2D eigenvalue weighted by Crippen LogP contribution is -2.38. The van der Waals surface area contributed by atoms with Gasteiger partial charge in [-0.1, -0.05) is 12.8 Å². The Morgan fingerprint density at radius 1 is 1.38 bits per heavy atom. The van der Waals surface area contributed by atoms with E-state index in [1.54, 1.807) is 0 Å². The van der Waals surface area contributed by atoms with Crippen molar-refractivity contribution >= 4 is 0 Å². The third kappa shape index (κ3) is 5.28. The highest BCUT2D eigenvalue weighted by atomic mass is 16.2. The molecule has 1 saturated carbocycles. The first-order chi connectivity index (χ1) is 7.74. The highest BCUT2D eigenvalue weighted by Gasteiger charge is 2.18. The van der Waals surface area contributed by atoms with Crippen molar-refractivity contribution in [3.8, 4) is 0 Å². The van der Waals surface area contributed by atoms with E-state index in [0.717, 1.165) is 32.0 Å². The smallest absolute Gasteiger partial charge is 0.0431 e. The lowest BCUT2D eigenvalue weighted by atomic mass is 10.2. The van der Waals surface area contributed by atoms with E-state index in [1.165, 1.54) is 25.7 Å². The van der Waals surface area contributed by atoms with Crippen molar-refractivity contribution < 1.29 is 5.11 Å². The lowest BCUT2D eigenvalue weighted by Gasteiger charge is -2.25. The molecule has 1 atom stereocenters. The first-order valence-electron chi connectivity index (χ1n) is 6.78. The zero-order valence-corrected chi connectivity index (χ0v) is 10.9. The first-order valence-corrected chi connectivity index (χ1v) is 6.78. The molecule has 0 heterocycles. The summed E-state index contributed by atoms with van der Waals surface area (Å²) in [5.41, 5.74) is 0. The highest BCUT2D eigenvalue weighted by Crippen LogP contribution is 2.21. The van der Waals surface area contributed by atoms with Crippen LogP contribution in [0.1, 0.15) is 45.4 Å². The van der Waals surface area contributed by atoms with E-state index in [4.69, 9.17) is 5.11 Å². The van der Waals surface area contributed by atoms with Crippen LogP contribution in [0.25, 0.3) is 0 Å². The number of nitrogens with zero attached hydrogens (tertiary/aromatic N) is 1. The van der Waals surface area contributed by atoms with Crippen LogP contribution in [0.15, 0.2) is 0 Å². The van der Waals surface area contributed by atoms with Gasteiger partial charge >= 0.3 is 0 Å². The quantitative estimate of drug-likeness (QED) is 0.662. The minimum Gasteiger partial charge on any atom is -0.396 e. The van der Waals surface area contributed by atoms with E-state index in [1.807, 2.05) is 0 Å². The molecule has 0 aromatic heterocycles. The molecule has 0 spiro atoms. The summed E-state index contributed by atoms with van der Waals surface area (Å²) in [5.74, 6) is 0. The lowest BCUT2D eigenvalue weighted by molar-refractivity contribution is 0.239. The van der Waals surface area contributed by atoms with Gasteiger partial charge < -0.3 is 15.3 Å². The largest absolute Gasteiger partial charge is 0.396 e. The third-order valence-corrected chi connectivity index (χ3v) is 3.70. The molecule has 0 aromatic rings. The Morgan fingerprint density at radius 2 is 2.06 bits per heavy atom. The van der Waals surface area contributed by atoms with Gasteiger partial charge in [0.25, 0.3) is 0 Å². The molecule has 0 amide bonds. The average molecular weight is 228 g/mol. The summed E-state index contributed by atoms with van der Waals surface area (Å²) in [6.45, 7) is 4.73. The van der Waals surface area contributed by atoms with Crippen molar-refractivity contribution in [1.82, 2.24) is 10.2 Å². The van der Waals surface area contributed by atoms with E-state index in [-0.39, 0.29) is 0 Å². The van der Waals surface area contributed by atoms with Crippen LogP contribution >= 0.6 is 0 Å². The number of likely N-dealkylation sites (N-methyl/N-ethyl adjacent to an activating group) is 1. The van der Waals surface area contributed by atoms with Crippen molar-refractivity contribution in [3.63, 3.8) is 0 Å². The Morgan fingerprint density at radius 3 is 2.69 bits per heavy atom. The number of nitrogens with one attached hydrogen (secondary N) is 1. The number of aliphatic hydroxyl groups is 1. The standard InChI is InChI=1S/C13H28N2O/c1-12(6-5-11-16)14-9-10-15(2)13-7-3-4-8-13/h12-14,16H,3-11H2,1-2H3. The molecule has 3 heteroatoms. The van der Waals surface area contributed by atoms with Crippen LogP contribution in [0, 0.1) is 0 Å². The van der Waals surface area contributed by atoms with Crippen molar-refractivity contribution in [3.05, 3.63) is 0 Å². The SMILES string of the molecule is CC(CCCO)NCCN(C)C1CCCC1. The monoisotopic (exact) mass is 228 g/mol. The molecule has 96 valence electrons. The fourth-order valence-corrected chi connectivity index (χ4v) is 2.51. The number of hydrogen-bond donors (Lipinski definition) is 2. The maximum Gasteiger partial charge on any atom is 0.0431 e. The summed E-state index contributed by atoms with van der Waals surface area (Å²) >= 11 is 0. The van der Waals surface area contributed by atoms with Crippen LogP contribution in [0.4, 0.5) is 0 Å². The predicted molar refractivity (Wildman–Crippen MR) is 68.7 cm³/mol. The second-order valence-electron chi connectivity index (χ2n) is 5.14. The zero-order chi connectivity index (χ0) is 11.8. The summed E-state index contributed by atoms with van der Waals surface area (Å²) in [4.78, 5) is 2.50.